The molecule has 3 rings (SSSR count). The highest BCUT2D eigenvalue weighted by Gasteiger charge is 2.10. The van der Waals surface area contributed by atoms with Gasteiger partial charge in [-0.15, -0.1) is 0 Å². The van der Waals surface area contributed by atoms with Crippen molar-refractivity contribution >= 4 is 21.8 Å². The lowest BCUT2D eigenvalue weighted by atomic mass is 10.2. The van der Waals surface area contributed by atoms with Gasteiger partial charge in [-0.25, -0.2) is 0 Å². The zero-order valence-corrected chi connectivity index (χ0v) is 12.5. The number of aromatic nitrogens is 1. The number of hydrogen-bond acceptors (Lipinski definition) is 4. The summed E-state index contributed by atoms with van der Waals surface area (Å²) < 4.78 is 11.6. The molecule has 6 heteroatoms. The summed E-state index contributed by atoms with van der Waals surface area (Å²) in [5, 5.41) is 2.78. The van der Waals surface area contributed by atoms with Gasteiger partial charge in [-0.2, -0.15) is 0 Å². The van der Waals surface area contributed by atoms with E-state index in [4.69, 9.17) is 8.83 Å². The van der Waals surface area contributed by atoms with E-state index in [1.807, 2.05) is 6.07 Å². The Kier molecular flexibility index (Phi) is 3.87. The quantitative estimate of drug-likeness (QED) is 0.783. The molecule has 0 saturated carbocycles. The Morgan fingerprint density at radius 3 is 2.90 bits per heavy atom. The van der Waals surface area contributed by atoms with Crippen LogP contribution < -0.4 is 5.32 Å². The summed E-state index contributed by atoms with van der Waals surface area (Å²) in [6, 6.07) is 8.92. The number of carbonyl (C=O) groups excluding carboxylic acids is 1. The molecule has 0 aliphatic carbocycles. The second-order valence-corrected chi connectivity index (χ2v) is 5.23. The summed E-state index contributed by atoms with van der Waals surface area (Å²) in [7, 11) is 0. The van der Waals surface area contributed by atoms with E-state index in [1.54, 1.807) is 36.7 Å². The number of hydrogen-bond donors (Lipinski definition) is 1. The van der Waals surface area contributed by atoms with Crippen LogP contribution in [0.2, 0.25) is 0 Å². The number of carbonyl (C=O) groups is 1. The minimum Gasteiger partial charge on any atom is -0.461 e. The van der Waals surface area contributed by atoms with Crippen LogP contribution in [0.15, 0.2) is 62.3 Å². The van der Waals surface area contributed by atoms with Gasteiger partial charge < -0.3 is 14.2 Å². The van der Waals surface area contributed by atoms with E-state index in [0.717, 1.165) is 4.47 Å². The Morgan fingerprint density at radius 2 is 2.14 bits per heavy atom. The van der Waals surface area contributed by atoms with Crippen molar-refractivity contribution in [3.63, 3.8) is 0 Å². The van der Waals surface area contributed by atoms with E-state index < -0.39 is 0 Å². The molecule has 21 heavy (non-hydrogen) atoms. The van der Waals surface area contributed by atoms with Crippen LogP contribution in [0, 0.1) is 0 Å². The van der Waals surface area contributed by atoms with Gasteiger partial charge in [-0.3, -0.25) is 9.78 Å². The van der Waals surface area contributed by atoms with Crippen molar-refractivity contribution < 1.29 is 13.6 Å². The first-order chi connectivity index (χ1) is 10.2. The lowest BCUT2D eigenvalue weighted by Crippen LogP contribution is -2.22. The molecule has 0 atom stereocenters. The lowest BCUT2D eigenvalue weighted by molar-refractivity contribution is 0.0947. The van der Waals surface area contributed by atoms with Crippen molar-refractivity contribution in [1.82, 2.24) is 10.3 Å². The Hall–Kier alpha value is -2.34. The van der Waals surface area contributed by atoms with Crippen LogP contribution in [0.4, 0.5) is 0 Å². The molecule has 0 unspecified atom stereocenters. The zero-order chi connectivity index (χ0) is 14.7. The maximum Gasteiger partial charge on any atom is 0.253 e. The summed E-state index contributed by atoms with van der Waals surface area (Å²) in [4.78, 5) is 15.9. The number of furan rings is 2. The molecule has 0 saturated heterocycles. The summed E-state index contributed by atoms with van der Waals surface area (Å²) in [6.45, 7) is 0.298. The molecule has 1 N–H and O–H groups in total. The van der Waals surface area contributed by atoms with Crippen LogP contribution in [0.25, 0.3) is 11.5 Å². The summed E-state index contributed by atoms with van der Waals surface area (Å²) in [6.07, 6.45) is 4.72. The maximum absolute atomic E-state index is 12.0. The number of halogens is 1. The van der Waals surface area contributed by atoms with E-state index in [-0.39, 0.29) is 5.91 Å². The van der Waals surface area contributed by atoms with Crippen LogP contribution in [0.3, 0.4) is 0 Å². The molecule has 0 fully saturated rings. The Labute approximate surface area is 129 Å². The average molecular weight is 347 g/mol. The van der Waals surface area contributed by atoms with Crippen LogP contribution in [0.1, 0.15) is 16.1 Å². The largest absolute Gasteiger partial charge is 0.461 e. The van der Waals surface area contributed by atoms with E-state index in [9.17, 15) is 4.79 Å². The van der Waals surface area contributed by atoms with Crippen molar-refractivity contribution in [3.8, 4) is 11.5 Å². The summed E-state index contributed by atoms with van der Waals surface area (Å²) >= 11 is 3.28. The van der Waals surface area contributed by atoms with Gasteiger partial charge in [-0.05, 0) is 46.3 Å². The molecule has 0 aromatic carbocycles. The second kappa shape index (κ2) is 5.97. The highest BCUT2D eigenvalue weighted by atomic mass is 79.9. The van der Waals surface area contributed by atoms with E-state index in [0.29, 0.717) is 29.4 Å². The first-order valence-electron chi connectivity index (χ1n) is 6.24. The first-order valence-corrected chi connectivity index (χ1v) is 7.03. The fraction of sp³-hybridized carbons (Fsp3) is 0.0667. The normalized spacial score (nSPS) is 10.5. The lowest BCUT2D eigenvalue weighted by Gasteiger charge is -2.03. The van der Waals surface area contributed by atoms with E-state index in [1.165, 1.54) is 6.20 Å². The fourth-order valence-corrected chi connectivity index (χ4v) is 2.19. The van der Waals surface area contributed by atoms with Crippen molar-refractivity contribution in [2.75, 3.05) is 0 Å². The molecule has 0 spiro atoms. The Morgan fingerprint density at radius 1 is 1.24 bits per heavy atom. The third-order valence-electron chi connectivity index (χ3n) is 2.82. The molecule has 0 radical (unpaired) electrons. The molecule has 3 aromatic heterocycles. The zero-order valence-electron chi connectivity index (χ0n) is 10.9. The van der Waals surface area contributed by atoms with Gasteiger partial charge in [0.2, 0.25) is 0 Å². The SMILES string of the molecule is O=C(NCc1ccc(-c2ccco2)o1)c1cncc(Br)c1. The van der Waals surface area contributed by atoms with Crippen LogP contribution in [-0.4, -0.2) is 10.9 Å². The molecule has 1 amide bonds. The van der Waals surface area contributed by atoms with Gasteiger partial charge in [0.15, 0.2) is 11.5 Å². The van der Waals surface area contributed by atoms with E-state index >= 15 is 0 Å². The second-order valence-electron chi connectivity index (χ2n) is 4.32. The molecule has 3 aromatic rings. The smallest absolute Gasteiger partial charge is 0.253 e. The number of amides is 1. The highest BCUT2D eigenvalue weighted by molar-refractivity contribution is 9.10. The molecular weight excluding hydrogens is 336 g/mol. The molecule has 0 aliphatic heterocycles. The van der Waals surface area contributed by atoms with Gasteiger partial charge in [0, 0.05) is 16.9 Å². The highest BCUT2D eigenvalue weighted by Crippen LogP contribution is 2.22. The minimum atomic E-state index is -0.209. The molecule has 0 bridgehead atoms. The third kappa shape index (κ3) is 3.22. The topological polar surface area (TPSA) is 68.3 Å². The standard InChI is InChI=1S/C15H11BrN2O3/c16-11-6-10(7-17-8-11)15(19)18-9-12-3-4-14(21-12)13-2-1-5-20-13/h1-8H,9H2,(H,18,19). The van der Waals surface area contributed by atoms with Crippen molar-refractivity contribution in [1.29, 1.82) is 0 Å². The predicted octanol–water partition coefficient (Wildman–Crippen LogP) is 3.63. The van der Waals surface area contributed by atoms with Crippen molar-refractivity contribution in [2.24, 2.45) is 0 Å². The molecule has 0 aliphatic rings. The average Bonchev–Trinajstić information content (AvgIpc) is 3.15. The van der Waals surface area contributed by atoms with E-state index in [2.05, 4.69) is 26.2 Å². The molecule has 106 valence electrons. The summed E-state index contributed by atoms with van der Waals surface area (Å²) in [5.41, 5.74) is 0.488. The van der Waals surface area contributed by atoms with Crippen LogP contribution >= 0.6 is 15.9 Å². The minimum absolute atomic E-state index is 0.209. The monoisotopic (exact) mass is 346 g/mol. The predicted molar refractivity (Wildman–Crippen MR) is 79.5 cm³/mol. The van der Waals surface area contributed by atoms with Gasteiger partial charge in [-0.1, -0.05) is 0 Å². The number of nitrogens with zero attached hydrogens (tertiary/aromatic N) is 1. The molecule has 3 heterocycles. The van der Waals surface area contributed by atoms with Crippen LogP contribution in [0.5, 0.6) is 0 Å². The number of pyridine rings is 1. The number of nitrogens with one attached hydrogen (secondary N) is 1. The van der Waals surface area contributed by atoms with Crippen molar-refractivity contribution in [2.45, 2.75) is 6.54 Å². The molecule has 5 nitrogen and oxygen atoms in total. The van der Waals surface area contributed by atoms with Gasteiger partial charge in [0.05, 0.1) is 18.4 Å². The third-order valence-corrected chi connectivity index (χ3v) is 3.25. The Bertz CT molecular complexity index is 750. The summed E-state index contributed by atoms with van der Waals surface area (Å²) in [5.74, 6) is 1.73. The fourth-order valence-electron chi connectivity index (χ4n) is 1.83. The van der Waals surface area contributed by atoms with Gasteiger partial charge >= 0.3 is 0 Å². The van der Waals surface area contributed by atoms with Gasteiger partial charge in [0.1, 0.15) is 5.76 Å². The Balaban J connectivity index is 1.64. The number of rotatable bonds is 4. The maximum atomic E-state index is 12.0. The van der Waals surface area contributed by atoms with Crippen LogP contribution in [-0.2, 0) is 6.54 Å². The van der Waals surface area contributed by atoms with Gasteiger partial charge in [0.25, 0.3) is 5.91 Å². The first kappa shape index (κ1) is 13.6. The van der Waals surface area contributed by atoms with Crippen molar-refractivity contribution in [3.05, 3.63) is 64.8 Å². The molecular formula is C15H11BrN2O3.